The second-order valence-corrected chi connectivity index (χ2v) is 9.59. The van der Waals surface area contributed by atoms with Crippen LogP contribution in [-0.2, 0) is 9.84 Å². The molecule has 0 bridgehead atoms. The molecule has 1 saturated heterocycles. The zero-order valence-electron chi connectivity index (χ0n) is 15.8. The maximum atomic E-state index is 13.2. The number of amides is 1. The standard InChI is InChI=1S/C20H20ClN3O4S/c1-2-23(16-9-11-29(26,27)13-16)20(25)17-12-18(19-4-3-10-28-19)24(22-17)15-7-5-14(21)6-8-15/h3-8,10,12,16H,2,9,11,13H2,1H3/t16-/m0/s1. The molecule has 3 aromatic rings. The van der Waals surface area contributed by atoms with Crippen molar-refractivity contribution in [1.82, 2.24) is 14.7 Å². The lowest BCUT2D eigenvalue weighted by atomic mass is 10.2. The number of halogens is 1. The van der Waals surface area contributed by atoms with E-state index in [2.05, 4.69) is 5.10 Å². The fourth-order valence-corrected chi connectivity index (χ4v) is 5.46. The molecule has 0 aliphatic carbocycles. The van der Waals surface area contributed by atoms with Gasteiger partial charge >= 0.3 is 0 Å². The minimum absolute atomic E-state index is 0.00445. The van der Waals surface area contributed by atoms with Crippen LogP contribution in [0.25, 0.3) is 17.1 Å². The highest BCUT2D eigenvalue weighted by Gasteiger charge is 2.35. The lowest BCUT2D eigenvalue weighted by molar-refractivity contribution is 0.0702. The van der Waals surface area contributed by atoms with Gasteiger partial charge in [0.2, 0.25) is 0 Å². The molecule has 152 valence electrons. The third kappa shape index (κ3) is 3.95. The van der Waals surface area contributed by atoms with Gasteiger partial charge in [0.25, 0.3) is 5.91 Å². The van der Waals surface area contributed by atoms with Crippen LogP contribution in [0.5, 0.6) is 0 Å². The van der Waals surface area contributed by atoms with E-state index in [1.165, 1.54) is 0 Å². The van der Waals surface area contributed by atoms with E-state index in [0.717, 1.165) is 5.69 Å². The summed E-state index contributed by atoms with van der Waals surface area (Å²) in [6, 6.07) is 12.0. The molecule has 1 aliphatic heterocycles. The number of rotatable bonds is 5. The Morgan fingerprint density at radius 1 is 1.31 bits per heavy atom. The van der Waals surface area contributed by atoms with Crippen LogP contribution in [0.3, 0.4) is 0 Å². The van der Waals surface area contributed by atoms with Crippen molar-refractivity contribution in [2.24, 2.45) is 0 Å². The molecule has 3 heterocycles. The first-order chi connectivity index (χ1) is 13.9. The number of carbonyl (C=O) groups is 1. The van der Waals surface area contributed by atoms with Gasteiger partial charge in [-0.05, 0) is 49.7 Å². The van der Waals surface area contributed by atoms with Crippen molar-refractivity contribution in [3.63, 3.8) is 0 Å². The summed E-state index contributed by atoms with van der Waals surface area (Å²) < 4.78 is 30.9. The molecule has 1 aliphatic rings. The van der Waals surface area contributed by atoms with E-state index in [4.69, 9.17) is 16.0 Å². The highest BCUT2D eigenvalue weighted by molar-refractivity contribution is 7.91. The van der Waals surface area contributed by atoms with Gasteiger partial charge in [-0.1, -0.05) is 11.6 Å². The Balaban J connectivity index is 1.73. The molecule has 1 amide bonds. The molecule has 0 N–H and O–H groups in total. The molecule has 0 saturated carbocycles. The first kappa shape index (κ1) is 19.7. The molecule has 0 radical (unpaired) electrons. The molecule has 2 aromatic heterocycles. The van der Waals surface area contributed by atoms with E-state index < -0.39 is 9.84 Å². The maximum Gasteiger partial charge on any atom is 0.274 e. The van der Waals surface area contributed by atoms with E-state index in [9.17, 15) is 13.2 Å². The molecule has 1 fully saturated rings. The Bertz CT molecular complexity index is 1120. The number of nitrogens with zero attached hydrogens (tertiary/aromatic N) is 3. The second-order valence-electron chi connectivity index (χ2n) is 6.93. The minimum Gasteiger partial charge on any atom is -0.463 e. The average Bonchev–Trinajstić information content (AvgIpc) is 3.42. The van der Waals surface area contributed by atoms with Crippen molar-refractivity contribution in [1.29, 1.82) is 0 Å². The molecule has 0 unspecified atom stereocenters. The third-order valence-corrected chi connectivity index (χ3v) is 7.03. The number of sulfone groups is 1. The highest BCUT2D eigenvalue weighted by atomic mass is 35.5. The van der Waals surface area contributed by atoms with E-state index in [1.807, 2.05) is 6.92 Å². The number of furan rings is 1. The van der Waals surface area contributed by atoms with Gasteiger partial charge in [0.05, 0.1) is 23.5 Å². The summed E-state index contributed by atoms with van der Waals surface area (Å²) in [6.45, 7) is 2.25. The van der Waals surface area contributed by atoms with Gasteiger partial charge in [-0.25, -0.2) is 13.1 Å². The third-order valence-electron chi connectivity index (χ3n) is 5.02. The largest absolute Gasteiger partial charge is 0.463 e. The highest BCUT2D eigenvalue weighted by Crippen LogP contribution is 2.27. The zero-order chi connectivity index (χ0) is 20.6. The van der Waals surface area contributed by atoms with Gasteiger partial charge in [-0.2, -0.15) is 5.10 Å². The van der Waals surface area contributed by atoms with Gasteiger partial charge in [0.1, 0.15) is 5.69 Å². The Hall–Kier alpha value is -2.58. The van der Waals surface area contributed by atoms with E-state index in [0.29, 0.717) is 29.4 Å². The molecule has 1 aromatic carbocycles. The van der Waals surface area contributed by atoms with Crippen LogP contribution in [0.4, 0.5) is 0 Å². The normalized spacial score (nSPS) is 18.1. The van der Waals surface area contributed by atoms with Crippen molar-refractivity contribution in [3.05, 3.63) is 59.4 Å². The zero-order valence-corrected chi connectivity index (χ0v) is 17.4. The first-order valence-electron chi connectivity index (χ1n) is 9.29. The van der Waals surface area contributed by atoms with Crippen LogP contribution in [0.1, 0.15) is 23.8 Å². The Morgan fingerprint density at radius 3 is 2.66 bits per heavy atom. The number of carbonyl (C=O) groups excluding carboxylic acids is 1. The van der Waals surface area contributed by atoms with Gasteiger partial charge in [0.15, 0.2) is 21.3 Å². The molecule has 1 atom stereocenters. The van der Waals surface area contributed by atoms with Gasteiger partial charge in [-0.15, -0.1) is 0 Å². The van der Waals surface area contributed by atoms with Crippen LogP contribution in [-0.4, -0.2) is 53.1 Å². The van der Waals surface area contributed by atoms with Crippen LogP contribution < -0.4 is 0 Å². The summed E-state index contributed by atoms with van der Waals surface area (Å²) in [5.41, 5.74) is 1.58. The van der Waals surface area contributed by atoms with Crippen LogP contribution in [0.2, 0.25) is 5.02 Å². The summed E-state index contributed by atoms with van der Waals surface area (Å²) in [5, 5.41) is 5.11. The number of benzene rings is 1. The first-order valence-corrected chi connectivity index (χ1v) is 11.5. The molecule has 7 nitrogen and oxygen atoms in total. The molecule has 29 heavy (non-hydrogen) atoms. The lowest BCUT2D eigenvalue weighted by Crippen LogP contribution is -2.41. The predicted molar refractivity (Wildman–Crippen MR) is 110 cm³/mol. The quantitative estimate of drug-likeness (QED) is 0.615. The van der Waals surface area contributed by atoms with Crippen LogP contribution >= 0.6 is 11.6 Å². The maximum absolute atomic E-state index is 13.2. The molecule has 4 rings (SSSR count). The summed E-state index contributed by atoms with van der Waals surface area (Å²) in [7, 11) is -3.10. The number of hydrogen-bond donors (Lipinski definition) is 0. The van der Waals surface area contributed by atoms with Crippen molar-refractivity contribution in [2.45, 2.75) is 19.4 Å². The Kier molecular flexibility index (Phi) is 5.23. The van der Waals surface area contributed by atoms with Crippen LogP contribution in [0, 0.1) is 0 Å². The number of aromatic nitrogens is 2. The van der Waals surface area contributed by atoms with Crippen LogP contribution in [0.15, 0.2) is 53.1 Å². The Labute approximate surface area is 173 Å². The SMILES string of the molecule is CCN(C(=O)c1cc(-c2ccco2)n(-c2ccc(Cl)cc2)n1)[C@H]1CCS(=O)(=O)C1. The minimum atomic E-state index is -3.10. The summed E-state index contributed by atoms with van der Waals surface area (Å²) in [4.78, 5) is 14.8. The Morgan fingerprint density at radius 2 is 2.07 bits per heavy atom. The fourth-order valence-electron chi connectivity index (χ4n) is 3.60. The molecular weight excluding hydrogens is 414 g/mol. The fraction of sp³-hybridized carbons (Fsp3) is 0.300. The van der Waals surface area contributed by atoms with Crippen molar-refractivity contribution < 1.29 is 17.6 Å². The molecular formula is C20H20ClN3O4S. The van der Waals surface area contributed by atoms with E-state index in [1.54, 1.807) is 58.3 Å². The molecule has 9 heteroatoms. The topological polar surface area (TPSA) is 85.4 Å². The summed E-state index contributed by atoms with van der Waals surface area (Å²) in [5.74, 6) is 0.376. The van der Waals surface area contributed by atoms with E-state index in [-0.39, 0.29) is 29.1 Å². The average molecular weight is 434 g/mol. The molecule has 0 spiro atoms. The van der Waals surface area contributed by atoms with E-state index >= 15 is 0 Å². The van der Waals surface area contributed by atoms with Crippen molar-refractivity contribution in [2.75, 3.05) is 18.1 Å². The lowest BCUT2D eigenvalue weighted by Gasteiger charge is -2.25. The monoisotopic (exact) mass is 433 g/mol. The van der Waals surface area contributed by atoms with Crippen molar-refractivity contribution in [3.8, 4) is 17.1 Å². The number of hydrogen-bond acceptors (Lipinski definition) is 5. The van der Waals surface area contributed by atoms with Gasteiger partial charge in [-0.3, -0.25) is 4.79 Å². The summed E-state index contributed by atoms with van der Waals surface area (Å²) in [6.07, 6.45) is 2.00. The van der Waals surface area contributed by atoms with Crippen molar-refractivity contribution >= 4 is 27.3 Å². The second kappa shape index (κ2) is 7.68. The smallest absolute Gasteiger partial charge is 0.274 e. The van der Waals surface area contributed by atoms with Gasteiger partial charge < -0.3 is 9.32 Å². The summed E-state index contributed by atoms with van der Waals surface area (Å²) >= 11 is 5.99. The van der Waals surface area contributed by atoms with Gasteiger partial charge in [0, 0.05) is 23.7 Å². The predicted octanol–water partition coefficient (Wildman–Crippen LogP) is 3.43.